The topological polar surface area (TPSA) is 33.2 Å². The standard InChI is InChI=1S/C17H18F2N2OS/c18-14-6-5-12(9-15(14)19)10-17(22)21(13-3-1-2-4-13)11-16-20-7-8-23-16/h5-9,13H,1-4,10-11H2. The number of benzene rings is 1. The minimum absolute atomic E-state index is 0.0573. The smallest absolute Gasteiger partial charge is 0.227 e. The Morgan fingerprint density at radius 1 is 1.26 bits per heavy atom. The Bertz CT molecular complexity index is 669. The molecule has 0 N–H and O–H groups in total. The quantitative estimate of drug-likeness (QED) is 0.829. The van der Waals surface area contributed by atoms with Gasteiger partial charge in [-0.2, -0.15) is 0 Å². The Morgan fingerprint density at radius 3 is 2.70 bits per heavy atom. The van der Waals surface area contributed by atoms with Crippen molar-refractivity contribution in [3.05, 3.63) is 52.0 Å². The summed E-state index contributed by atoms with van der Waals surface area (Å²) >= 11 is 1.52. The zero-order chi connectivity index (χ0) is 16.2. The van der Waals surface area contributed by atoms with Crippen molar-refractivity contribution in [1.82, 2.24) is 9.88 Å². The molecule has 1 heterocycles. The highest BCUT2D eigenvalue weighted by molar-refractivity contribution is 7.09. The van der Waals surface area contributed by atoms with Gasteiger partial charge in [0.1, 0.15) is 5.01 Å². The SMILES string of the molecule is O=C(Cc1ccc(F)c(F)c1)N(Cc1nccs1)C1CCCC1. The summed E-state index contributed by atoms with van der Waals surface area (Å²) in [6.45, 7) is 0.491. The summed E-state index contributed by atoms with van der Waals surface area (Å²) in [5.41, 5.74) is 0.496. The largest absolute Gasteiger partial charge is 0.333 e. The minimum Gasteiger partial charge on any atom is -0.333 e. The number of hydrogen-bond donors (Lipinski definition) is 0. The summed E-state index contributed by atoms with van der Waals surface area (Å²) in [7, 11) is 0. The fraction of sp³-hybridized carbons (Fsp3) is 0.412. The van der Waals surface area contributed by atoms with Crippen LogP contribution in [0.4, 0.5) is 8.78 Å². The zero-order valence-corrected chi connectivity index (χ0v) is 13.5. The van der Waals surface area contributed by atoms with Gasteiger partial charge in [0.25, 0.3) is 0 Å². The molecule has 23 heavy (non-hydrogen) atoms. The highest BCUT2D eigenvalue weighted by Crippen LogP contribution is 2.26. The van der Waals surface area contributed by atoms with Gasteiger partial charge in [0.2, 0.25) is 5.91 Å². The fourth-order valence-corrected chi connectivity index (χ4v) is 3.65. The minimum atomic E-state index is -0.914. The molecule has 1 amide bonds. The van der Waals surface area contributed by atoms with E-state index in [1.165, 1.54) is 17.4 Å². The van der Waals surface area contributed by atoms with Crippen molar-refractivity contribution in [1.29, 1.82) is 0 Å². The van der Waals surface area contributed by atoms with Crippen molar-refractivity contribution in [2.45, 2.75) is 44.7 Å². The molecule has 122 valence electrons. The molecule has 2 aromatic rings. The van der Waals surface area contributed by atoms with E-state index in [9.17, 15) is 13.6 Å². The van der Waals surface area contributed by atoms with Crippen LogP contribution in [0.15, 0.2) is 29.8 Å². The molecule has 0 atom stereocenters. The summed E-state index contributed by atoms with van der Waals surface area (Å²) < 4.78 is 26.3. The van der Waals surface area contributed by atoms with Gasteiger partial charge in [0.15, 0.2) is 11.6 Å². The van der Waals surface area contributed by atoms with Gasteiger partial charge >= 0.3 is 0 Å². The molecule has 0 unspecified atom stereocenters. The van der Waals surface area contributed by atoms with Crippen LogP contribution in [-0.4, -0.2) is 21.8 Å². The number of thiazole rings is 1. The molecule has 0 aliphatic heterocycles. The van der Waals surface area contributed by atoms with Crippen molar-refractivity contribution in [2.75, 3.05) is 0 Å². The van der Waals surface area contributed by atoms with Crippen LogP contribution >= 0.6 is 11.3 Å². The van der Waals surface area contributed by atoms with E-state index >= 15 is 0 Å². The van der Waals surface area contributed by atoms with E-state index in [0.29, 0.717) is 12.1 Å². The Morgan fingerprint density at radius 2 is 2.04 bits per heavy atom. The predicted octanol–water partition coefficient (Wildman–Crippen LogP) is 3.94. The number of carbonyl (C=O) groups is 1. The van der Waals surface area contributed by atoms with Gasteiger partial charge in [-0.3, -0.25) is 4.79 Å². The molecule has 1 aliphatic rings. The zero-order valence-electron chi connectivity index (χ0n) is 12.7. The molecule has 0 bridgehead atoms. The molecule has 1 aromatic heterocycles. The van der Waals surface area contributed by atoms with E-state index < -0.39 is 11.6 Å². The third kappa shape index (κ3) is 3.93. The summed E-state index contributed by atoms with van der Waals surface area (Å²) in [5.74, 6) is -1.86. The number of hydrogen-bond acceptors (Lipinski definition) is 3. The van der Waals surface area contributed by atoms with Gasteiger partial charge in [-0.15, -0.1) is 11.3 Å². The van der Waals surface area contributed by atoms with Gasteiger partial charge in [-0.25, -0.2) is 13.8 Å². The number of halogens is 2. The molecule has 1 aromatic carbocycles. The lowest BCUT2D eigenvalue weighted by Gasteiger charge is -2.28. The highest BCUT2D eigenvalue weighted by Gasteiger charge is 2.27. The Hall–Kier alpha value is -1.82. The second kappa shape index (κ2) is 7.17. The first-order valence-corrected chi connectivity index (χ1v) is 8.63. The lowest BCUT2D eigenvalue weighted by atomic mass is 10.1. The third-order valence-corrected chi connectivity index (χ3v) is 4.98. The van der Waals surface area contributed by atoms with E-state index in [0.717, 1.165) is 42.8 Å². The van der Waals surface area contributed by atoms with Crippen molar-refractivity contribution < 1.29 is 13.6 Å². The van der Waals surface area contributed by atoms with Crippen LogP contribution in [-0.2, 0) is 17.8 Å². The van der Waals surface area contributed by atoms with E-state index in [4.69, 9.17) is 0 Å². The molecule has 0 radical (unpaired) electrons. The number of rotatable bonds is 5. The molecular weight excluding hydrogens is 318 g/mol. The van der Waals surface area contributed by atoms with Crippen LogP contribution in [0, 0.1) is 11.6 Å². The lowest BCUT2D eigenvalue weighted by Crippen LogP contribution is -2.39. The molecule has 1 saturated carbocycles. The van der Waals surface area contributed by atoms with Gasteiger partial charge in [-0.05, 0) is 30.5 Å². The normalized spacial score (nSPS) is 15.0. The van der Waals surface area contributed by atoms with Crippen molar-refractivity contribution in [3.8, 4) is 0 Å². The molecule has 6 heteroatoms. The van der Waals surface area contributed by atoms with Crippen LogP contribution in [0.3, 0.4) is 0 Å². The molecule has 1 fully saturated rings. The molecular formula is C17H18F2N2OS. The average Bonchev–Trinajstić information content (AvgIpc) is 3.21. The van der Waals surface area contributed by atoms with Crippen LogP contribution in [0.25, 0.3) is 0 Å². The van der Waals surface area contributed by atoms with Gasteiger partial charge in [-0.1, -0.05) is 18.9 Å². The highest BCUT2D eigenvalue weighted by atomic mass is 32.1. The molecule has 1 aliphatic carbocycles. The Kier molecular flexibility index (Phi) is 5.00. The first kappa shape index (κ1) is 16.1. The lowest BCUT2D eigenvalue weighted by molar-refractivity contribution is -0.133. The van der Waals surface area contributed by atoms with Crippen LogP contribution in [0.1, 0.15) is 36.3 Å². The molecule has 0 spiro atoms. The number of amides is 1. The number of nitrogens with zero attached hydrogens (tertiary/aromatic N) is 2. The number of carbonyl (C=O) groups excluding carboxylic acids is 1. The average molecular weight is 336 g/mol. The first-order valence-electron chi connectivity index (χ1n) is 7.75. The van der Waals surface area contributed by atoms with E-state index in [2.05, 4.69) is 4.98 Å². The Labute approximate surface area is 138 Å². The second-order valence-electron chi connectivity index (χ2n) is 5.81. The van der Waals surface area contributed by atoms with Crippen molar-refractivity contribution in [2.24, 2.45) is 0 Å². The Balaban J connectivity index is 1.74. The molecule has 0 saturated heterocycles. The monoisotopic (exact) mass is 336 g/mol. The van der Waals surface area contributed by atoms with Crippen LogP contribution in [0.2, 0.25) is 0 Å². The maximum atomic E-state index is 13.3. The van der Waals surface area contributed by atoms with Gasteiger partial charge < -0.3 is 4.90 Å². The third-order valence-electron chi connectivity index (χ3n) is 4.21. The number of aromatic nitrogens is 1. The molecule has 3 rings (SSSR count). The first-order chi connectivity index (χ1) is 11.1. The van der Waals surface area contributed by atoms with Gasteiger partial charge in [0.05, 0.1) is 13.0 Å². The summed E-state index contributed by atoms with van der Waals surface area (Å²) in [4.78, 5) is 18.8. The van der Waals surface area contributed by atoms with Crippen LogP contribution < -0.4 is 0 Å². The van der Waals surface area contributed by atoms with Crippen LogP contribution in [0.5, 0.6) is 0 Å². The van der Waals surface area contributed by atoms with E-state index in [1.54, 1.807) is 6.20 Å². The fourth-order valence-electron chi connectivity index (χ4n) is 3.04. The maximum Gasteiger partial charge on any atom is 0.227 e. The second-order valence-corrected chi connectivity index (χ2v) is 6.79. The predicted molar refractivity (Wildman–Crippen MR) is 85.0 cm³/mol. The van der Waals surface area contributed by atoms with Crippen molar-refractivity contribution >= 4 is 17.2 Å². The van der Waals surface area contributed by atoms with E-state index in [1.807, 2.05) is 10.3 Å². The van der Waals surface area contributed by atoms with Crippen molar-refractivity contribution in [3.63, 3.8) is 0 Å². The maximum absolute atomic E-state index is 13.3. The molecule has 3 nitrogen and oxygen atoms in total. The van der Waals surface area contributed by atoms with E-state index in [-0.39, 0.29) is 18.4 Å². The summed E-state index contributed by atoms with van der Waals surface area (Å²) in [6.07, 6.45) is 6.05. The van der Waals surface area contributed by atoms with Gasteiger partial charge in [0, 0.05) is 17.6 Å². The summed E-state index contributed by atoms with van der Waals surface area (Å²) in [6, 6.07) is 3.85. The summed E-state index contributed by atoms with van der Waals surface area (Å²) in [5, 5.41) is 2.79.